The zero-order valence-electron chi connectivity index (χ0n) is 33.4. The Labute approximate surface area is 287 Å². The van der Waals surface area contributed by atoms with Gasteiger partial charge in [0.1, 0.15) is 6.79 Å². The third-order valence-electron chi connectivity index (χ3n) is 17.0. The van der Waals surface area contributed by atoms with Crippen molar-refractivity contribution in [1.82, 2.24) is 0 Å². The topological polar surface area (TPSA) is 27.7 Å². The summed E-state index contributed by atoms with van der Waals surface area (Å²) >= 11 is 0. The first kappa shape index (κ1) is 37.1. The van der Waals surface area contributed by atoms with Crippen LogP contribution in [0.5, 0.6) is 0 Å². The molecule has 4 heteroatoms. The van der Waals surface area contributed by atoms with Crippen LogP contribution in [0.3, 0.4) is 0 Å². The van der Waals surface area contributed by atoms with E-state index in [9.17, 15) is 0 Å². The molecule has 1 unspecified atom stereocenters. The zero-order chi connectivity index (χ0) is 34.5. The fourth-order valence-electron chi connectivity index (χ4n) is 12.7. The van der Waals surface area contributed by atoms with Crippen LogP contribution in [0.15, 0.2) is 11.6 Å². The van der Waals surface area contributed by atoms with Crippen LogP contribution in [0, 0.1) is 62.1 Å². The van der Waals surface area contributed by atoms with Crippen molar-refractivity contribution in [3.05, 3.63) is 11.6 Å². The number of ether oxygens (including phenoxy) is 2. The maximum Gasteiger partial charge on any atom is 0.192 e. The summed E-state index contributed by atoms with van der Waals surface area (Å²) in [4.78, 5) is 0. The summed E-state index contributed by atoms with van der Waals surface area (Å²) in [6.45, 7) is 38.6. The molecule has 0 aromatic carbocycles. The van der Waals surface area contributed by atoms with Crippen LogP contribution in [0.2, 0.25) is 18.1 Å². The Balaban J connectivity index is 1.74. The van der Waals surface area contributed by atoms with Crippen LogP contribution in [0.25, 0.3) is 0 Å². The third-order valence-corrected chi connectivity index (χ3v) is 21.4. The molecule has 0 amide bonds. The number of hydrogen-bond donors (Lipinski definition) is 0. The molecule has 0 spiro atoms. The summed E-state index contributed by atoms with van der Waals surface area (Å²) in [5.41, 5.74) is 3.28. The highest BCUT2D eigenvalue weighted by Crippen LogP contribution is 2.77. The second kappa shape index (κ2) is 11.7. The highest BCUT2D eigenvalue weighted by molar-refractivity contribution is 6.74. The maximum atomic E-state index is 7.85. The number of rotatable bonds is 7. The van der Waals surface area contributed by atoms with Gasteiger partial charge in [-0.25, -0.2) is 0 Å². The monoisotopic (exact) mass is 657 g/mol. The average molecular weight is 657 g/mol. The van der Waals surface area contributed by atoms with E-state index < -0.39 is 8.32 Å². The van der Waals surface area contributed by atoms with Crippen LogP contribution in [-0.4, -0.2) is 34.4 Å². The van der Waals surface area contributed by atoms with Gasteiger partial charge >= 0.3 is 0 Å². The lowest BCUT2D eigenvalue weighted by molar-refractivity contribution is -0.239. The third kappa shape index (κ3) is 5.42. The molecule has 0 saturated heterocycles. The SMILES string of the molecule is COCOC(C(C)C)[C@]12CCC(C)(C)C[C@H]1[C@H]1[C@H](O[Si](C)(C)C(C)(C)C)C=C3[C@@]4(C)CC[C@H](C)C(C)(C)[C@@H]4CC[C@@]3(C)[C@]1(C)CC2. The van der Waals surface area contributed by atoms with Gasteiger partial charge in [-0.15, -0.1) is 0 Å². The Bertz CT molecular complexity index is 1160. The van der Waals surface area contributed by atoms with Crippen LogP contribution in [0.4, 0.5) is 0 Å². The molecule has 0 bridgehead atoms. The van der Waals surface area contributed by atoms with Crippen molar-refractivity contribution in [1.29, 1.82) is 0 Å². The minimum absolute atomic E-state index is 0.159. The number of allylic oxidation sites excluding steroid dienone is 1. The van der Waals surface area contributed by atoms with Crippen molar-refractivity contribution < 1.29 is 13.9 Å². The van der Waals surface area contributed by atoms with Gasteiger partial charge in [0.25, 0.3) is 0 Å². The summed E-state index contributed by atoms with van der Waals surface area (Å²) in [5, 5.41) is 0.170. The summed E-state index contributed by atoms with van der Waals surface area (Å²) < 4.78 is 20.3. The van der Waals surface area contributed by atoms with Crippen LogP contribution >= 0.6 is 0 Å². The van der Waals surface area contributed by atoms with Gasteiger partial charge in [0.15, 0.2) is 8.32 Å². The quantitative estimate of drug-likeness (QED) is 0.155. The Morgan fingerprint density at radius 2 is 1.52 bits per heavy atom. The van der Waals surface area contributed by atoms with E-state index in [1.807, 2.05) is 0 Å². The Morgan fingerprint density at radius 3 is 2.11 bits per heavy atom. The molecule has 46 heavy (non-hydrogen) atoms. The molecule has 10 atom stereocenters. The van der Waals surface area contributed by atoms with Gasteiger partial charge in [0.05, 0.1) is 12.2 Å². The van der Waals surface area contributed by atoms with Gasteiger partial charge < -0.3 is 13.9 Å². The van der Waals surface area contributed by atoms with Crippen LogP contribution in [0.1, 0.15) is 148 Å². The van der Waals surface area contributed by atoms with Gasteiger partial charge in [-0.1, -0.05) is 102 Å². The van der Waals surface area contributed by atoms with Crippen molar-refractivity contribution in [2.45, 2.75) is 178 Å². The molecule has 5 rings (SSSR count). The Kier molecular flexibility index (Phi) is 9.43. The minimum atomic E-state index is -2.07. The van der Waals surface area contributed by atoms with Crippen LogP contribution < -0.4 is 0 Å². The van der Waals surface area contributed by atoms with E-state index in [0.29, 0.717) is 35.4 Å². The Hall–Kier alpha value is -0.163. The summed E-state index contributed by atoms with van der Waals surface area (Å²) in [6, 6.07) is 0. The van der Waals surface area contributed by atoms with E-state index >= 15 is 0 Å². The molecule has 0 radical (unpaired) electrons. The standard InChI is InChI=1S/C42H76O3Si/c1-28(2)35(44-27-43-14)42-23-21-37(7,8)26-30(42)34-31(45-46(15,16)36(4,5)6)25-33-39(11)19-17-29(3)38(9,10)32(39)18-20-40(33,12)41(34,13)22-24-42/h25,28-32,34-35H,17-24,26-27H2,1-16H3/t29-,30-,31+,32-,34-,35?,39-,40+,41+,42-/m0/s1. The van der Waals surface area contributed by atoms with E-state index in [2.05, 4.69) is 109 Å². The number of fused-ring (bicyclic) bond motifs is 7. The van der Waals surface area contributed by atoms with Crippen molar-refractivity contribution in [3.8, 4) is 0 Å². The summed E-state index contributed by atoms with van der Waals surface area (Å²) in [5.74, 6) is 3.03. The number of methoxy groups -OCH3 is 1. The molecule has 5 aliphatic rings. The highest BCUT2D eigenvalue weighted by atomic mass is 28.4. The Morgan fingerprint density at radius 1 is 0.891 bits per heavy atom. The van der Waals surface area contributed by atoms with Crippen molar-refractivity contribution in [2.24, 2.45) is 62.1 Å². The van der Waals surface area contributed by atoms with Gasteiger partial charge in [0.2, 0.25) is 0 Å². The van der Waals surface area contributed by atoms with Crippen LogP contribution in [-0.2, 0) is 13.9 Å². The zero-order valence-corrected chi connectivity index (χ0v) is 34.4. The molecular formula is C42H76O3Si. The van der Waals surface area contributed by atoms with Gasteiger partial charge in [0, 0.05) is 12.5 Å². The smallest absolute Gasteiger partial charge is 0.192 e. The fourth-order valence-corrected chi connectivity index (χ4v) is 14.0. The first-order valence-electron chi connectivity index (χ1n) is 19.4. The lowest BCUT2D eigenvalue weighted by Gasteiger charge is -2.73. The van der Waals surface area contributed by atoms with E-state index in [1.54, 1.807) is 12.7 Å². The predicted octanol–water partition coefficient (Wildman–Crippen LogP) is 12.1. The second-order valence-electron chi connectivity index (χ2n) is 21.4. The second-order valence-corrected chi connectivity index (χ2v) is 26.2. The van der Waals surface area contributed by atoms with Gasteiger partial charge in [-0.2, -0.15) is 0 Å². The summed E-state index contributed by atoms with van der Waals surface area (Å²) in [6.07, 6.45) is 14.9. The molecule has 266 valence electrons. The first-order chi connectivity index (χ1) is 20.9. The highest BCUT2D eigenvalue weighted by Gasteiger charge is 2.71. The first-order valence-corrected chi connectivity index (χ1v) is 22.4. The van der Waals surface area contributed by atoms with Crippen molar-refractivity contribution in [3.63, 3.8) is 0 Å². The van der Waals surface area contributed by atoms with E-state index in [0.717, 1.165) is 11.8 Å². The molecule has 0 aromatic rings. The maximum absolute atomic E-state index is 7.85. The van der Waals surface area contributed by atoms with E-state index in [1.165, 1.54) is 57.8 Å². The molecule has 3 nitrogen and oxygen atoms in total. The molecular weight excluding hydrogens is 581 g/mol. The van der Waals surface area contributed by atoms with E-state index in [-0.39, 0.29) is 38.9 Å². The minimum Gasteiger partial charge on any atom is -0.410 e. The fraction of sp³-hybridized carbons (Fsp3) is 0.952. The molecule has 0 aromatic heterocycles. The number of hydrogen-bond acceptors (Lipinski definition) is 3. The lowest BCUT2D eigenvalue weighted by atomic mass is 9.33. The van der Waals surface area contributed by atoms with Crippen molar-refractivity contribution in [2.75, 3.05) is 13.9 Å². The van der Waals surface area contributed by atoms with E-state index in [4.69, 9.17) is 13.9 Å². The molecule has 4 fully saturated rings. The van der Waals surface area contributed by atoms with Crippen molar-refractivity contribution >= 4 is 8.32 Å². The molecule has 0 N–H and O–H groups in total. The predicted molar refractivity (Wildman–Crippen MR) is 197 cm³/mol. The van der Waals surface area contributed by atoms with Gasteiger partial charge in [-0.3, -0.25) is 0 Å². The molecule has 5 aliphatic carbocycles. The molecule has 0 heterocycles. The largest absolute Gasteiger partial charge is 0.410 e. The molecule has 4 saturated carbocycles. The average Bonchev–Trinajstić information content (AvgIpc) is 2.91. The summed E-state index contributed by atoms with van der Waals surface area (Å²) in [7, 11) is -0.284. The molecule has 0 aliphatic heterocycles. The van der Waals surface area contributed by atoms with Gasteiger partial charge in [-0.05, 0) is 133 Å². The lowest BCUT2D eigenvalue weighted by Crippen LogP contribution is -2.68. The normalized spacial score (nSPS) is 44.4.